The molecule has 0 amide bonds. The summed E-state index contributed by atoms with van der Waals surface area (Å²) in [6.07, 6.45) is 17.4. The lowest BCUT2D eigenvalue weighted by molar-refractivity contribution is 1.00. The highest BCUT2D eigenvalue weighted by atomic mass is 15.1. The van der Waals surface area contributed by atoms with Gasteiger partial charge in [0.1, 0.15) is 0 Å². The molecule has 1 heteroatoms. The minimum atomic E-state index is 0.937. The molecule has 0 heterocycles. The predicted octanol–water partition coefficient (Wildman–Crippen LogP) is 17.5. The summed E-state index contributed by atoms with van der Waals surface area (Å²) in [6.45, 7) is 0. The molecule has 0 aliphatic carbocycles. The molecule has 0 spiro atoms. The number of hydrogen-bond acceptors (Lipinski definition) is 1. The summed E-state index contributed by atoms with van der Waals surface area (Å²) in [5, 5.41) is 0. The molecular weight excluding hydrogens is 807 g/mol. The first-order chi connectivity index (χ1) is 33.2. The Labute approximate surface area is 397 Å². The number of allylic oxidation sites excluding steroid dienone is 5. The van der Waals surface area contributed by atoms with Crippen LogP contribution in [0.15, 0.2) is 285 Å². The maximum absolute atomic E-state index is 2.39. The molecule has 322 valence electrons. The van der Waals surface area contributed by atoms with E-state index < -0.39 is 0 Å². The van der Waals surface area contributed by atoms with Gasteiger partial charge in [0.05, 0.1) is 0 Å². The third kappa shape index (κ3) is 11.6. The van der Waals surface area contributed by atoms with Crippen LogP contribution in [-0.2, 0) is 6.42 Å². The van der Waals surface area contributed by atoms with E-state index in [0.717, 1.165) is 41.0 Å². The molecule has 0 unspecified atom stereocenters. The largest absolute Gasteiger partial charge is 0.311 e. The minimum absolute atomic E-state index is 0.937. The van der Waals surface area contributed by atoms with E-state index in [1.807, 2.05) is 0 Å². The molecule has 67 heavy (non-hydrogen) atoms. The van der Waals surface area contributed by atoms with E-state index in [-0.39, 0.29) is 0 Å². The van der Waals surface area contributed by atoms with Gasteiger partial charge in [-0.25, -0.2) is 0 Å². The smallest absolute Gasteiger partial charge is 0.0462 e. The summed E-state index contributed by atoms with van der Waals surface area (Å²) < 4.78 is 0. The van der Waals surface area contributed by atoms with Crippen molar-refractivity contribution in [3.63, 3.8) is 0 Å². The van der Waals surface area contributed by atoms with Crippen molar-refractivity contribution in [1.82, 2.24) is 0 Å². The molecule has 0 saturated heterocycles. The zero-order valence-electron chi connectivity index (χ0n) is 37.7. The fourth-order valence-electron chi connectivity index (χ4n) is 8.45. The molecule has 1 nitrogen and oxygen atoms in total. The number of anilines is 3. The second kappa shape index (κ2) is 22.4. The second-order valence-electron chi connectivity index (χ2n) is 16.4. The van der Waals surface area contributed by atoms with Crippen LogP contribution in [0.4, 0.5) is 17.1 Å². The third-order valence-electron chi connectivity index (χ3n) is 11.9. The van der Waals surface area contributed by atoms with E-state index in [0.29, 0.717) is 0 Å². The average molecular weight is 860 g/mol. The maximum Gasteiger partial charge on any atom is 0.0462 e. The first kappa shape index (κ1) is 43.7. The van der Waals surface area contributed by atoms with Gasteiger partial charge in [0.25, 0.3) is 0 Å². The summed E-state index contributed by atoms with van der Waals surface area (Å²) in [7, 11) is 0. The summed E-state index contributed by atoms with van der Waals surface area (Å²) in [5.74, 6) is 0. The Morgan fingerprint density at radius 1 is 0.299 bits per heavy atom. The van der Waals surface area contributed by atoms with Crippen molar-refractivity contribution >= 4 is 45.9 Å². The van der Waals surface area contributed by atoms with Gasteiger partial charge >= 0.3 is 0 Å². The fraction of sp³-hybridized carbons (Fsp3) is 0.0303. The summed E-state index contributed by atoms with van der Waals surface area (Å²) in [4.78, 5) is 2.35. The van der Waals surface area contributed by atoms with Crippen molar-refractivity contribution in [2.75, 3.05) is 4.90 Å². The molecule has 0 aliphatic rings. The van der Waals surface area contributed by atoms with E-state index in [1.54, 1.807) is 0 Å². The van der Waals surface area contributed by atoms with Crippen LogP contribution in [0.2, 0.25) is 0 Å². The number of hydrogen-bond donors (Lipinski definition) is 0. The van der Waals surface area contributed by atoms with Crippen LogP contribution in [0.5, 0.6) is 0 Å². The van der Waals surface area contributed by atoms with Crippen LogP contribution < -0.4 is 4.90 Å². The lowest BCUT2D eigenvalue weighted by atomic mass is 9.96. The van der Waals surface area contributed by atoms with Crippen LogP contribution in [0, 0.1) is 0 Å². The molecule has 0 aromatic heterocycles. The Morgan fingerprint density at radius 2 is 0.582 bits per heavy atom. The molecule has 0 bridgehead atoms. The zero-order chi connectivity index (χ0) is 45.3. The molecule has 9 aromatic rings. The Hall–Kier alpha value is -8.52. The van der Waals surface area contributed by atoms with Gasteiger partial charge in [0.15, 0.2) is 0 Å². The first-order valence-electron chi connectivity index (χ1n) is 23.1. The van der Waals surface area contributed by atoms with E-state index >= 15 is 0 Å². The summed E-state index contributed by atoms with van der Waals surface area (Å²) >= 11 is 0. The molecule has 0 fully saturated rings. The lowest BCUT2D eigenvalue weighted by Gasteiger charge is -2.26. The zero-order valence-corrected chi connectivity index (χ0v) is 37.7. The molecule has 0 atom stereocenters. The van der Waals surface area contributed by atoms with Crippen molar-refractivity contribution < 1.29 is 0 Å². The van der Waals surface area contributed by atoms with Crippen molar-refractivity contribution in [2.45, 2.75) is 12.8 Å². The van der Waals surface area contributed by atoms with Gasteiger partial charge in [-0.1, -0.05) is 261 Å². The number of benzene rings is 9. The van der Waals surface area contributed by atoms with E-state index in [1.165, 1.54) is 55.7 Å². The van der Waals surface area contributed by atoms with Gasteiger partial charge < -0.3 is 4.90 Å². The maximum atomic E-state index is 2.39. The number of nitrogens with zero attached hydrogens (tertiary/aromatic N) is 1. The van der Waals surface area contributed by atoms with Gasteiger partial charge in [-0.15, -0.1) is 0 Å². The van der Waals surface area contributed by atoms with Crippen molar-refractivity contribution in [3.8, 4) is 0 Å². The highest BCUT2D eigenvalue weighted by Crippen LogP contribution is 2.36. The highest BCUT2D eigenvalue weighted by molar-refractivity contribution is 5.84. The molecule has 0 aliphatic heterocycles. The monoisotopic (exact) mass is 859 g/mol. The van der Waals surface area contributed by atoms with Crippen LogP contribution in [-0.4, -0.2) is 0 Å². The molecule has 9 rings (SSSR count). The van der Waals surface area contributed by atoms with Crippen LogP contribution in [0.3, 0.4) is 0 Å². The van der Waals surface area contributed by atoms with Gasteiger partial charge in [0, 0.05) is 17.1 Å². The minimum Gasteiger partial charge on any atom is -0.311 e. The Bertz CT molecular complexity index is 2800. The molecule has 0 N–H and O–H groups in total. The first-order valence-corrected chi connectivity index (χ1v) is 23.1. The van der Waals surface area contributed by atoms with Crippen molar-refractivity contribution in [1.29, 1.82) is 0 Å². The Morgan fingerprint density at radius 3 is 0.896 bits per heavy atom. The number of rotatable bonds is 16. The van der Waals surface area contributed by atoms with Gasteiger partial charge in [-0.3, -0.25) is 0 Å². The highest BCUT2D eigenvalue weighted by Gasteiger charge is 2.13. The average Bonchev–Trinajstić information content (AvgIpc) is 3.41. The second-order valence-corrected chi connectivity index (χ2v) is 16.4. The third-order valence-corrected chi connectivity index (χ3v) is 11.9. The molecular formula is C66H53N. The van der Waals surface area contributed by atoms with E-state index in [9.17, 15) is 0 Å². The van der Waals surface area contributed by atoms with Crippen LogP contribution in [0.25, 0.3) is 28.9 Å². The topological polar surface area (TPSA) is 3.24 Å². The Kier molecular flexibility index (Phi) is 14.6. The quantitative estimate of drug-likeness (QED) is 0.0875. The van der Waals surface area contributed by atoms with E-state index in [2.05, 4.69) is 302 Å². The predicted molar refractivity (Wildman–Crippen MR) is 287 cm³/mol. The van der Waals surface area contributed by atoms with Crippen LogP contribution in [0.1, 0.15) is 56.5 Å². The SMILES string of the molecule is C(/C=C/c1ccc(N(c2ccc(/C=C/C=C(c3ccccc3)c3ccccc3)cc2)c2ccc(CCC=C(c3ccccc3)c3ccccc3)cc2)cc1)=C(c1ccccc1)c1ccccc1. The number of aryl methyl sites for hydroxylation is 1. The van der Waals surface area contributed by atoms with Crippen LogP contribution >= 0.6 is 0 Å². The molecule has 0 radical (unpaired) electrons. The van der Waals surface area contributed by atoms with E-state index in [4.69, 9.17) is 0 Å². The van der Waals surface area contributed by atoms with Gasteiger partial charge in [-0.05, 0) is 116 Å². The van der Waals surface area contributed by atoms with Crippen molar-refractivity contribution in [3.05, 3.63) is 335 Å². The summed E-state index contributed by atoms with van der Waals surface area (Å²) in [6, 6.07) is 90.5. The molecule has 0 saturated carbocycles. The Balaban J connectivity index is 0.985. The summed E-state index contributed by atoms with van der Waals surface area (Å²) in [5.41, 5.74) is 17.8. The van der Waals surface area contributed by atoms with Gasteiger partial charge in [-0.2, -0.15) is 0 Å². The normalized spacial score (nSPS) is 11.0. The standard InChI is InChI=1S/C66H53N/c1-7-25-55(26-8-1)64(56-27-9-2-10-28-56)37-19-22-52-40-46-61(47-41-52)67(62-48-42-53(43-49-62)23-20-38-65(57-29-11-3-12-30-57)58-31-13-4-14-32-58)63-50-44-54(45-51-63)24-21-39-66(59-33-15-5-16-34-59)60-35-17-6-18-36-60/h1-20,22-23,25-51H,21,24H2/b22-19+,23-20+. The lowest BCUT2D eigenvalue weighted by Crippen LogP contribution is -2.10. The van der Waals surface area contributed by atoms with Gasteiger partial charge in [0.2, 0.25) is 0 Å². The molecule has 9 aromatic carbocycles. The van der Waals surface area contributed by atoms with Crippen molar-refractivity contribution in [2.24, 2.45) is 0 Å². The fourth-order valence-corrected chi connectivity index (χ4v) is 8.45.